The van der Waals surface area contributed by atoms with E-state index in [-0.39, 0.29) is 25.2 Å². The Morgan fingerprint density at radius 3 is 2.22 bits per heavy atom. The number of aliphatic hydroxyl groups excluding tert-OH is 1. The van der Waals surface area contributed by atoms with Gasteiger partial charge in [0, 0.05) is 55.3 Å². The highest BCUT2D eigenvalue weighted by atomic mass is 16.8. The molecule has 0 bridgehead atoms. The van der Waals surface area contributed by atoms with Crippen LogP contribution in [0.1, 0.15) is 81.6 Å². The summed E-state index contributed by atoms with van der Waals surface area (Å²) >= 11 is 0. The van der Waals surface area contributed by atoms with E-state index in [1.165, 1.54) is 20.8 Å². The zero-order valence-corrected chi connectivity index (χ0v) is 30.5. The van der Waals surface area contributed by atoms with Gasteiger partial charge in [0.15, 0.2) is 11.4 Å². The molecule has 5 saturated carbocycles. The quantitative estimate of drug-likeness (QED) is 0.208. The molecule has 8 aliphatic rings. The molecule has 3 aliphatic heterocycles. The van der Waals surface area contributed by atoms with Crippen molar-refractivity contribution in [2.45, 2.75) is 141 Å². The Morgan fingerprint density at radius 2 is 1.61 bits per heavy atom. The minimum atomic E-state index is -2.18. The van der Waals surface area contributed by atoms with E-state index < -0.39 is 141 Å². The molecule has 3 N–H and O–H groups in total. The van der Waals surface area contributed by atoms with Gasteiger partial charge in [-0.3, -0.25) is 19.2 Å². The zero-order valence-electron chi connectivity index (χ0n) is 30.5. The fraction of sp³-hybridized carbons (Fsp3) is 0.865. The number of fused-ring (bicyclic) bond motifs is 9. The van der Waals surface area contributed by atoms with Crippen molar-refractivity contribution in [1.82, 2.24) is 0 Å². The van der Waals surface area contributed by atoms with Crippen LogP contribution in [0.25, 0.3) is 0 Å². The molecular formula is C37H50O14. The maximum absolute atomic E-state index is 14.6. The number of hydrogen-bond acceptors (Lipinski definition) is 14. The Morgan fingerprint density at radius 1 is 0.961 bits per heavy atom. The van der Waals surface area contributed by atoms with Gasteiger partial charge in [-0.25, -0.2) is 4.79 Å². The summed E-state index contributed by atoms with van der Waals surface area (Å²) in [6.45, 7) is 14.8. The Labute approximate surface area is 296 Å². The van der Waals surface area contributed by atoms with Crippen LogP contribution in [-0.4, -0.2) is 105 Å². The van der Waals surface area contributed by atoms with Gasteiger partial charge in [0.2, 0.25) is 5.79 Å². The van der Waals surface area contributed by atoms with E-state index in [0.29, 0.717) is 0 Å². The van der Waals surface area contributed by atoms with E-state index in [0.717, 1.165) is 0 Å². The predicted octanol–water partition coefficient (Wildman–Crippen LogP) is 1.22. The highest BCUT2D eigenvalue weighted by Crippen LogP contribution is 2.81. The van der Waals surface area contributed by atoms with Gasteiger partial charge in [-0.1, -0.05) is 34.6 Å². The first-order valence-corrected chi connectivity index (χ1v) is 18.3. The molecule has 3 saturated heterocycles. The molecule has 282 valence electrons. The highest BCUT2D eigenvalue weighted by Gasteiger charge is 2.93. The number of ketones is 1. The lowest BCUT2D eigenvalue weighted by atomic mass is 9.40. The van der Waals surface area contributed by atoms with E-state index >= 15 is 0 Å². The molecule has 3 unspecified atom stereocenters. The third-order valence-corrected chi connectivity index (χ3v) is 15.4. The summed E-state index contributed by atoms with van der Waals surface area (Å²) in [7, 11) is 0. The van der Waals surface area contributed by atoms with E-state index in [4.69, 9.17) is 28.4 Å². The molecular weight excluding hydrogens is 668 g/mol. The lowest BCUT2D eigenvalue weighted by molar-refractivity contribution is -0.268. The average molecular weight is 719 g/mol. The third-order valence-electron chi connectivity index (χ3n) is 15.4. The van der Waals surface area contributed by atoms with Gasteiger partial charge in [-0.2, -0.15) is 0 Å². The van der Waals surface area contributed by atoms with E-state index in [9.17, 15) is 39.3 Å². The second-order valence-electron chi connectivity index (χ2n) is 18.1. The molecule has 0 radical (unpaired) electrons. The lowest BCUT2D eigenvalue weighted by Crippen LogP contribution is -2.77. The lowest BCUT2D eigenvalue weighted by Gasteiger charge is -2.65. The number of hydrogen-bond donors (Lipinski definition) is 3. The van der Waals surface area contributed by atoms with Crippen LogP contribution in [0.2, 0.25) is 0 Å². The van der Waals surface area contributed by atoms with Crippen molar-refractivity contribution in [3.63, 3.8) is 0 Å². The van der Waals surface area contributed by atoms with Crippen LogP contribution in [-0.2, 0) is 52.4 Å². The first-order valence-electron chi connectivity index (χ1n) is 18.3. The summed E-state index contributed by atoms with van der Waals surface area (Å²) in [4.78, 5) is 67.5. The van der Waals surface area contributed by atoms with Crippen molar-refractivity contribution in [3.8, 4) is 0 Å². The molecule has 0 aromatic carbocycles. The molecule has 3 heterocycles. The Bertz CT molecular complexity index is 1620. The van der Waals surface area contributed by atoms with Gasteiger partial charge in [0.1, 0.15) is 42.2 Å². The molecule has 8 fully saturated rings. The van der Waals surface area contributed by atoms with Crippen LogP contribution in [0.3, 0.4) is 0 Å². The van der Waals surface area contributed by atoms with Crippen LogP contribution in [0.5, 0.6) is 0 Å². The maximum atomic E-state index is 14.6. The summed E-state index contributed by atoms with van der Waals surface area (Å²) < 4.78 is 36.7. The standard InChI is InChI=1S/C37H50O14/c1-13(2)10-20(40)49-30-26-18(48-26)12-36(45)28(42)25(41)21-17(33(30,36)7)11-19(46-15(4)38)32(6)22-14(3)29-37(50-29)34(8,35(9,44)31(43)51-37)24(22)27(23(21)32)47-16(5)39/h13-14,17-19,21-27,29-30,41,44-45H,10-12H2,1-9H3/t14-,17?,18-,19-,21?,22-,23+,24-,25?,26-,27+,29+,30-,32+,33-,34-,35+,36-,37-/m0/s1. The second-order valence-corrected chi connectivity index (χ2v) is 18.1. The van der Waals surface area contributed by atoms with Crippen molar-refractivity contribution in [2.24, 2.45) is 57.7 Å². The number of esters is 4. The van der Waals surface area contributed by atoms with Crippen molar-refractivity contribution in [1.29, 1.82) is 0 Å². The number of carbonyl (C=O) groups is 5. The van der Waals surface area contributed by atoms with Crippen LogP contribution in [0.15, 0.2) is 0 Å². The number of carbonyl (C=O) groups excluding carboxylic acids is 5. The Balaban J connectivity index is 1.34. The summed E-state index contributed by atoms with van der Waals surface area (Å²) in [6, 6.07) is 0. The van der Waals surface area contributed by atoms with Gasteiger partial charge >= 0.3 is 23.9 Å². The molecule has 1 spiro atoms. The number of aliphatic hydroxyl groups is 3. The van der Waals surface area contributed by atoms with Crippen LogP contribution >= 0.6 is 0 Å². The largest absolute Gasteiger partial charge is 0.462 e. The summed E-state index contributed by atoms with van der Waals surface area (Å²) in [5.74, 6) is -9.61. The molecule has 14 heteroatoms. The SMILES string of the molecule is CC(=O)O[C@H]1[C@@H]2[C@H]([C@H](C)[C@H]3O[C@]34OC(=O)[C@@](C)(O)[C@]24C)[C@@]2(C)[C@@H](OC(C)=O)CC3C(C(O)C(=O)[C@@]4(O)C[C@@H]5O[C@@H]5[C@H](OC(=O)CC(C)C)[C@]34C)[C@H]12. The Kier molecular flexibility index (Phi) is 7.15. The Hall–Kier alpha value is -2.65. The summed E-state index contributed by atoms with van der Waals surface area (Å²) in [6.07, 6.45) is -6.72. The van der Waals surface area contributed by atoms with E-state index in [2.05, 4.69) is 0 Å². The average Bonchev–Trinajstić information content (AvgIpc) is 3.91. The molecule has 8 rings (SSSR count). The zero-order chi connectivity index (χ0) is 37.3. The molecule has 51 heavy (non-hydrogen) atoms. The van der Waals surface area contributed by atoms with Gasteiger partial charge in [-0.05, 0) is 43.9 Å². The molecule has 0 aromatic rings. The smallest absolute Gasteiger partial charge is 0.341 e. The van der Waals surface area contributed by atoms with E-state index in [1.807, 2.05) is 27.7 Å². The highest BCUT2D eigenvalue weighted by molar-refractivity contribution is 5.94. The summed E-state index contributed by atoms with van der Waals surface area (Å²) in [5.41, 5.74) is -8.44. The number of rotatable bonds is 5. The van der Waals surface area contributed by atoms with Crippen molar-refractivity contribution in [2.75, 3.05) is 0 Å². The number of epoxide rings is 2. The predicted molar refractivity (Wildman–Crippen MR) is 170 cm³/mol. The summed E-state index contributed by atoms with van der Waals surface area (Å²) in [5, 5.41) is 36.8. The molecule has 19 atom stereocenters. The van der Waals surface area contributed by atoms with Gasteiger partial charge < -0.3 is 43.7 Å². The minimum Gasteiger partial charge on any atom is -0.462 e. The maximum Gasteiger partial charge on any atom is 0.341 e. The van der Waals surface area contributed by atoms with Crippen LogP contribution in [0.4, 0.5) is 0 Å². The fourth-order valence-electron chi connectivity index (χ4n) is 13.1. The number of Topliss-reactive ketones (excluding diaryl/α,β-unsaturated/α-hetero) is 1. The molecule has 5 aliphatic carbocycles. The fourth-order valence-corrected chi connectivity index (χ4v) is 13.1. The minimum absolute atomic E-state index is 0.0354. The van der Waals surface area contributed by atoms with Crippen molar-refractivity contribution in [3.05, 3.63) is 0 Å². The number of ether oxygens (including phenoxy) is 6. The monoisotopic (exact) mass is 718 g/mol. The topological polar surface area (TPSA) is 208 Å². The van der Waals surface area contributed by atoms with Crippen molar-refractivity contribution < 1.29 is 67.7 Å². The first-order chi connectivity index (χ1) is 23.5. The van der Waals surface area contributed by atoms with Crippen LogP contribution < -0.4 is 0 Å². The first kappa shape index (κ1) is 35.4. The normalized spacial score (nSPS) is 56.9. The molecule has 0 aromatic heterocycles. The molecule has 0 amide bonds. The van der Waals surface area contributed by atoms with Gasteiger partial charge in [0.05, 0.1) is 11.5 Å². The van der Waals surface area contributed by atoms with Crippen molar-refractivity contribution >= 4 is 29.7 Å². The second kappa shape index (κ2) is 10.3. The third kappa shape index (κ3) is 3.93. The van der Waals surface area contributed by atoms with Gasteiger partial charge in [0.25, 0.3) is 0 Å². The molecule has 14 nitrogen and oxygen atoms in total. The van der Waals surface area contributed by atoms with Gasteiger partial charge in [-0.15, -0.1) is 0 Å². The van der Waals surface area contributed by atoms with Crippen LogP contribution in [0, 0.1) is 57.7 Å². The van der Waals surface area contributed by atoms with E-state index in [1.54, 1.807) is 13.8 Å².